The van der Waals surface area contributed by atoms with E-state index in [9.17, 15) is 19.1 Å². The second kappa shape index (κ2) is 9.05. The fourth-order valence-corrected chi connectivity index (χ4v) is 5.08. The third-order valence-electron chi connectivity index (χ3n) is 6.79. The third-order valence-corrected chi connectivity index (χ3v) is 6.79. The van der Waals surface area contributed by atoms with Crippen molar-refractivity contribution in [1.82, 2.24) is 15.1 Å². The number of hydrogen-bond donors (Lipinski definition) is 2. The Morgan fingerprint density at radius 2 is 1.91 bits per heavy atom. The van der Waals surface area contributed by atoms with Crippen LogP contribution in [0.3, 0.4) is 0 Å². The predicted molar refractivity (Wildman–Crippen MR) is 128 cm³/mol. The van der Waals surface area contributed by atoms with Crippen molar-refractivity contribution in [3.8, 4) is 5.75 Å². The van der Waals surface area contributed by atoms with Gasteiger partial charge in [0, 0.05) is 12.0 Å². The Morgan fingerprint density at radius 1 is 1.18 bits per heavy atom. The fourth-order valence-electron chi connectivity index (χ4n) is 5.08. The first kappa shape index (κ1) is 23.7. The summed E-state index contributed by atoms with van der Waals surface area (Å²) in [6, 6.07) is 14.7. The van der Waals surface area contributed by atoms with E-state index in [1.54, 1.807) is 19.1 Å². The maximum Gasteiger partial charge on any atom is 0.276 e. The molecule has 0 bridgehead atoms. The van der Waals surface area contributed by atoms with Gasteiger partial charge in [-0.3, -0.25) is 14.3 Å². The van der Waals surface area contributed by atoms with Gasteiger partial charge in [-0.2, -0.15) is 5.10 Å². The number of nitrogens with one attached hydrogen (secondary N) is 1. The van der Waals surface area contributed by atoms with Crippen LogP contribution < -0.4 is 10.7 Å². The molecule has 6 nitrogen and oxygen atoms in total. The van der Waals surface area contributed by atoms with Crippen LogP contribution in [-0.4, -0.2) is 20.8 Å². The molecule has 1 atom stereocenters. The van der Waals surface area contributed by atoms with Gasteiger partial charge in [0.2, 0.25) is 0 Å². The first-order valence-electron chi connectivity index (χ1n) is 11.5. The molecule has 0 spiro atoms. The van der Waals surface area contributed by atoms with E-state index < -0.39 is 17.1 Å². The molecule has 1 aliphatic rings. The van der Waals surface area contributed by atoms with Crippen molar-refractivity contribution < 1.29 is 14.3 Å². The molecule has 34 heavy (non-hydrogen) atoms. The summed E-state index contributed by atoms with van der Waals surface area (Å²) >= 11 is 0. The average Bonchev–Trinajstić information content (AvgIpc) is 3.12. The van der Waals surface area contributed by atoms with Crippen LogP contribution in [0, 0.1) is 18.2 Å². The second-order valence-corrected chi connectivity index (χ2v) is 10.1. The summed E-state index contributed by atoms with van der Waals surface area (Å²) in [5.74, 6) is -1.52. The van der Waals surface area contributed by atoms with Crippen LogP contribution in [0.5, 0.6) is 5.75 Å². The molecule has 0 aliphatic heterocycles. The van der Waals surface area contributed by atoms with Crippen LogP contribution in [0.2, 0.25) is 0 Å². The second-order valence-electron chi connectivity index (χ2n) is 10.1. The van der Waals surface area contributed by atoms with Crippen molar-refractivity contribution in [3.63, 3.8) is 0 Å². The highest BCUT2D eigenvalue weighted by molar-refractivity contribution is 5.92. The molecule has 0 saturated heterocycles. The minimum atomic E-state index is -0.815. The first-order chi connectivity index (χ1) is 16.1. The largest absolute Gasteiger partial charge is 0.503 e. The number of benzene rings is 2. The molecule has 2 aromatic carbocycles. The topological polar surface area (TPSA) is 84.2 Å². The van der Waals surface area contributed by atoms with Crippen molar-refractivity contribution in [1.29, 1.82) is 0 Å². The quantitative estimate of drug-likeness (QED) is 0.565. The van der Waals surface area contributed by atoms with Gasteiger partial charge in [-0.15, -0.1) is 0 Å². The summed E-state index contributed by atoms with van der Waals surface area (Å²) in [6.45, 7) is 6.67. The molecule has 1 unspecified atom stereocenters. The predicted octanol–water partition coefficient (Wildman–Crippen LogP) is 4.47. The number of aromatic hydroxyl groups is 1. The molecule has 0 radical (unpaired) electrons. The van der Waals surface area contributed by atoms with Crippen LogP contribution in [0.15, 0.2) is 59.5 Å². The number of aryl methyl sites for hydroxylation is 1. The Balaban J connectivity index is 1.61. The lowest BCUT2D eigenvalue weighted by atomic mass is 9.76. The molecule has 1 aromatic heterocycles. The molecule has 1 fully saturated rings. The Bertz CT molecular complexity index is 1270. The summed E-state index contributed by atoms with van der Waals surface area (Å²) < 4.78 is 15.0. The van der Waals surface area contributed by atoms with E-state index >= 15 is 0 Å². The smallest absolute Gasteiger partial charge is 0.276 e. The van der Waals surface area contributed by atoms with E-state index in [1.165, 1.54) is 22.5 Å². The lowest BCUT2D eigenvalue weighted by Crippen LogP contribution is -2.35. The average molecular weight is 464 g/mol. The standard InChI is InChI=1S/C27H30FN3O3/c1-18-13-19(9-10-21(18)28)14-29-25(34)23-24(33)22(32)15-31(30-23)17-27(12-11-26(2,3)16-27)20-7-5-4-6-8-20/h4-10,13,15,32H,11-12,14,16-17H2,1-3H3,(H,29,34). The molecule has 1 amide bonds. The summed E-state index contributed by atoms with van der Waals surface area (Å²) in [6.07, 6.45) is 4.20. The van der Waals surface area contributed by atoms with Gasteiger partial charge < -0.3 is 10.4 Å². The van der Waals surface area contributed by atoms with Crippen molar-refractivity contribution in [2.24, 2.45) is 5.41 Å². The van der Waals surface area contributed by atoms with Crippen LogP contribution in [0.4, 0.5) is 4.39 Å². The summed E-state index contributed by atoms with van der Waals surface area (Å²) in [5.41, 5.74) is 1.09. The highest BCUT2D eigenvalue weighted by Gasteiger charge is 2.44. The number of amides is 1. The zero-order chi connectivity index (χ0) is 24.5. The highest BCUT2D eigenvalue weighted by Crippen LogP contribution is 2.51. The van der Waals surface area contributed by atoms with Gasteiger partial charge in [0.15, 0.2) is 11.4 Å². The third kappa shape index (κ3) is 4.88. The Morgan fingerprint density at radius 3 is 2.56 bits per heavy atom. The van der Waals surface area contributed by atoms with E-state index in [4.69, 9.17) is 0 Å². The fraction of sp³-hybridized carbons (Fsp3) is 0.370. The number of nitrogens with zero attached hydrogens (tertiary/aromatic N) is 2. The number of hydrogen-bond acceptors (Lipinski definition) is 4. The summed E-state index contributed by atoms with van der Waals surface area (Å²) in [7, 11) is 0. The molecule has 178 valence electrons. The normalized spacial score (nSPS) is 19.2. The molecular formula is C27H30FN3O3. The van der Waals surface area contributed by atoms with Crippen molar-refractivity contribution in [2.45, 2.75) is 58.5 Å². The minimum Gasteiger partial charge on any atom is -0.503 e. The van der Waals surface area contributed by atoms with E-state index in [1.807, 2.05) is 18.2 Å². The van der Waals surface area contributed by atoms with Crippen LogP contribution in [-0.2, 0) is 18.5 Å². The van der Waals surface area contributed by atoms with E-state index in [-0.39, 0.29) is 28.9 Å². The van der Waals surface area contributed by atoms with E-state index in [2.05, 4.69) is 36.4 Å². The Hall–Kier alpha value is -3.48. The van der Waals surface area contributed by atoms with Crippen molar-refractivity contribution >= 4 is 5.91 Å². The summed E-state index contributed by atoms with van der Waals surface area (Å²) in [4.78, 5) is 25.3. The number of carbonyl (C=O) groups is 1. The number of halogens is 1. The lowest BCUT2D eigenvalue weighted by Gasteiger charge is -2.32. The molecule has 1 aliphatic carbocycles. The minimum absolute atomic E-state index is 0.110. The van der Waals surface area contributed by atoms with E-state index in [0.717, 1.165) is 19.3 Å². The van der Waals surface area contributed by atoms with Crippen molar-refractivity contribution in [3.05, 3.63) is 93.2 Å². The van der Waals surface area contributed by atoms with Crippen LogP contribution >= 0.6 is 0 Å². The monoisotopic (exact) mass is 463 g/mol. The van der Waals surface area contributed by atoms with E-state index in [0.29, 0.717) is 17.7 Å². The molecule has 1 heterocycles. The van der Waals surface area contributed by atoms with Gasteiger partial charge in [0.05, 0.1) is 12.7 Å². The molecule has 2 N–H and O–H groups in total. The van der Waals surface area contributed by atoms with Gasteiger partial charge in [0.1, 0.15) is 5.82 Å². The van der Waals surface area contributed by atoms with Gasteiger partial charge in [-0.1, -0.05) is 56.3 Å². The molecule has 1 saturated carbocycles. The van der Waals surface area contributed by atoms with Crippen LogP contribution in [0.25, 0.3) is 0 Å². The molecule has 7 heteroatoms. The van der Waals surface area contributed by atoms with Gasteiger partial charge in [0.25, 0.3) is 11.3 Å². The van der Waals surface area contributed by atoms with Crippen LogP contribution in [0.1, 0.15) is 60.3 Å². The molecule has 3 aromatic rings. The van der Waals surface area contributed by atoms with Gasteiger partial charge in [-0.25, -0.2) is 4.39 Å². The first-order valence-corrected chi connectivity index (χ1v) is 11.5. The number of rotatable bonds is 6. The van der Waals surface area contributed by atoms with Gasteiger partial charge >= 0.3 is 0 Å². The molecule has 4 rings (SSSR count). The SMILES string of the molecule is Cc1cc(CNC(=O)c2nn(CC3(c4ccccc4)CCC(C)(C)C3)cc(O)c2=O)ccc1F. The maximum absolute atomic E-state index is 13.5. The number of aromatic nitrogens is 2. The molecular weight excluding hydrogens is 433 g/mol. The lowest BCUT2D eigenvalue weighted by molar-refractivity contribution is 0.0940. The zero-order valence-electron chi connectivity index (χ0n) is 19.8. The summed E-state index contributed by atoms with van der Waals surface area (Å²) in [5, 5.41) is 17.3. The number of carbonyl (C=O) groups excluding carboxylic acids is 1. The van der Waals surface area contributed by atoms with Gasteiger partial charge in [-0.05, 0) is 54.4 Å². The van der Waals surface area contributed by atoms with Crippen molar-refractivity contribution in [2.75, 3.05) is 0 Å². The Labute approximate surface area is 198 Å². The zero-order valence-corrected chi connectivity index (χ0v) is 19.8. The highest BCUT2D eigenvalue weighted by atomic mass is 19.1. The Kier molecular flexibility index (Phi) is 6.30. The maximum atomic E-state index is 13.5.